The van der Waals surface area contributed by atoms with Gasteiger partial charge in [-0.15, -0.1) is 0 Å². The first kappa shape index (κ1) is 17.0. The van der Waals surface area contributed by atoms with Crippen LogP contribution < -0.4 is 0 Å². The van der Waals surface area contributed by atoms with Crippen molar-refractivity contribution in [1.82, 2.24) is 24.6 Å². The van der Waals surface area contributed by atoms with E-state index in [1.165, 1.54) is 51.4 Å². The van der Waals surface area contributed by atoms with Gasteiger partial charge in [0, 0.05) is 18.6 Å². The number of rotatable bonds is 4. The number of piperidine rings is 2. The average molecular weight is 345 g/mol. The number of fused-ring (bicyclic) bond motifs is 1. The van der Waals surface area contributed by atoms with Crippen LogP contribution >= 0.6 is 0 Å². The fraction of sp³-hybridized carbons (Fsp3) is 0.842. The molecule has 138 valence electrons. The fourth-order valence-corrected chi connectivity index (χ4v) is 5.22. The van der Waals surface area contributed by atoms with Crippen LogP contribution in [-0.4, -0.2) is 62.2 Å². The topological polar surface area (TPSA) is 54.3 Å². The third-order valence-corrected chi connectivity index (χ3v) is 6.52. The van der Waals surface area contributed by atoms with Gasteiger partial charge < -0.3 is 4.90 Å². The van der Waals surface area contributed by atoms with Gasteiger partial charge in [-0.2, -0.15) is 5.10 Å². The summed E-state index contributed by atoms with van der Waals surface area (Å²) in [5.41, 5.74) is 0. The molecule has 3 unspecified atom stereocenters. The summed E-state index contributed by atoms with van der Waals surface area (Å²) in [5.74, 6) is 1.13. The minimum Gasteiger partial charge on any atom is -0.338 e. The van der Waals surface area contributed by atoms with Gasteiger partial charge in [0.15, 0.2) is 0 Å². The molecule has 0 radical (unpaired) electrons. The molecule has 1 saturated carbocycles. The highest BCUT2D eigenvalue weighted by Gasteiger charge is 2.36. The highest BCUT2D eigenvalue weighted by atomic mass is 16.2. The molecule has 1 aromatic rings. The smallest absolute Gasteiger partial charge is 0.237 e. The van der Waals surface area contributed by atoms with Crippen LogP contribution in [0.3, 0.4) is 0 Å². The number of hydrogen-bond donors (Lipinski definition) is 0. The lowest BCUT2D eigenvalue weighted by Gasteiger charge is -2.45. The number of likely N-dealkylation sites (tertiary alicyclic amines) is 2. The predicted molar refractivity (Wildman–Crippen MR) is 95.9 cm³/mol. The normalized spacial score (nSPS) is 30.9. The summed E-state index contributed by atoms with van der Waals surface area (Å²) >= 11 is 0. The monoisotopic (exact) mass is 345 g/mol. The zero-order valence-corrected chi connectivity index (χ0v) is 15.2. The van der Waals surface area contributed by atoms with Crippen LogP contribution in [0.5, 0.6) is 0 Å². The minimum atomic E-state index is 0.363. The molecule has 0 aromatic carbocycles. The Morgan fingerprint density at radius 2 is 1.84 bits per heavy atom. The molecule has 1 amide bonds. The molecule has 3 heterocycles. The number of amides is 1. The van der Waals surface area contributed by atoms with Gasteiger partial charge in [-0.1, -0.05) is 19.3 Å². The molecule has 6 nitrogen and oxygen atoms in total. The number of carbonyl (C=O) groups is 1. The van der Waals surface area contributed by atoms with Crippen LogP contribution in [0.4, 0.5) is 0 Å². The summed E-state index contributed by atoms with van der Waals surface area (Å²) in [5, 5.41) is 4.25. The minimum absolute atomic E-state index is 0.363. The summed E-state index contributed by atoms with van der Waals surface area (Å²) in [6.45, 7) is 3.44. The lowest BCUT2D eigenvalue weighted by Crippen LogP contribution is -2.54. The Labute approximate surface area is 150 Å². The molecule has 1 aromatic heterocycles. The second-order valence-corrected chi connectivity index (χ2v) is 8.08. The van der Waals surface area contributed by atoms with Crippen LogP contribution in [0.25, 0.3) is 0 Å². The Kier molecular flexibility index (Phi) is 5.34. The zero-order valence-electron chi connectivity index (χ0n) is 15.2. The summed E-state index contributed by atoms with van der Waals surface area (Å²) in [4.78, 5) is 21.8. The van der Waals surface area contributed by atoms with Gasteiger partial charge in [-0.05, 0) is 51.0 Å². The van der Waals surface area contributed by atoms with Crippen molar-refractivity contribution < 1.29 is 4.79 Å². The van der Waals surface area contributed by atoms with Crippen molar-refractivity contribution in [1.29, 1.82) is 0 Å². The molecule has 25 heavy (non-hydrogen) atoms. The van der Waals surface area contributed by atoms with E-state index in [-0.39, 0.29) is 0 Å². The third kappa shape index (κ3) is 3.89. The Morgan fingerprint density at radius 3 is 2.72 bits per heavy atom. The molecule has 3 fully saturated rings. The van der Waals surface area contributed by atoms with Gasteiger partial charge in [0.05, 0.1) is 13.1 Å². The molecule has 0 N–H and O–H groups in total. The first-order valence-electron chi connectivity index (χ1n) is 10.2. The first-order chi connectivity index (χ1) is 12.3. The molecule has 0 bridgehead atoms. The van der Waals surface area contributed by atoms with Crippen LogP contribution in [0, 0.1) is 5.92 Å². The SMILES string of the molecule is O=C(CN1CCCCC1Cn1cncn1)N1CCCC2CCCCC21. The second kappa shape index (κ2) is 7.85. The van der Waals surface area contributed by atoms with Crippen molar-refractivity contribution in [3.05, 3.63) is 12.7 Å². The molecule has 1 aliphatic carbocycles. The molecule has 2 aliphatic heterocycles. The van der Waals surface area contributed by atoms with E-state index < -0.39 is 0 Å². The van der Waals surface area contributed by atoms with E-state index in [0.29, 0.717) is 24.5 Å². The average Bonchev–Trinajstić information content (AvgIpc) is 3.16. The maximum absolute atomic E-state index is 13.1. The Balaban J connectivity index is 1.39. The maximum Gasteiger partial charge on any atom is 0.237 e. The number of aromatic nitrogens is 3. The van der Waals surface area contributed by atoms with Gasteiger partial charge >= 0.3 is 0 Å². The highest BCUT2D eigenvalue weighted by Crippen LogP contribution is 2.35. The molecule has 2 saturated heterocycles. The van der Waals surface area contributed by atoms with Crippen molar-refractivity contribution in [3.8, 4) is 0 Å². The van der Waals surface area contributed by atoms with E-state index in [0.717, 1.165) is 32.0 Å². The van der Waals surface area contributed by atoms with Crippen LogP contribution in [-0.2, 0) is 11.3 Å². The molecular formula is C19H31N5O. The maximum atomic E-state index is 13.1. The summed E-state index contributed by atoms with van der Waals surface area (Å²) in [6, 6.07) is 0.930. The van der Waals surface area contributed by atoms with Gasteiger partial charge in [0.25, 0.3) is 0 Å². The van der Waals surface area contributed by atoms with E-state index in [1.54, 1.807) is 12.7 Å². The van der Waals surface area contributed by atoms with Crippen LogP contribution in [0.15, 0.2) is 12.7 Å². The van der Waals surface area contributed by atoms with Crippen molar-refractivity contribution in [2.24, 2.45) is 5.92 Å². The molecule has 0 spiro atoms. The van der Waals surface area contributed by atoms with E-state index in [4.69, 9.17) is 0 Å². The molecule has 4 rings (SSSR count). The van der Waals surface area contributed by atoms with E-state index in [1.807, 2.05) is 4.68 Å². The zero-order chi connectivity index (χ0) is 17.1. The largest absolute Gasteiger partial charge is 0.338 e. The summed E-state index contributed by atoms with van der Waals surface area (Å²) in [7, 11) is 0. The number of nitrogens with zero attached hydrogens (tertiary/aromatic N) is 5. The van der Waals surface area contributed by atoms with Gasteiger partial charge in [0.2, 0.25) is 5.91 Å². The van der Waals surface area contributed by atoms with Crippen molar-refractivity contribution >= 4 is 5.91 Å². The van der Waals surface area contributed by atoms with Crippen LogP contribution in [0.1, 0.15) is 57.8 Å². The lowest BCUT2D eigenvalue weighted by atomic mass is 9.78. The van der Waals surface area contributed by atoms with Crippen molar-refractivity contribution in [2.45, 2.75) is 76.4 Å². The Morgan fingerprint density at radius 1 is 1.00 bits per heavy atom. The van der Waals surface area contributed by atoms with Gasteiger partial charge in [-0.3, -0.25) is 14.4 Å². The highest BCUT2D eigenvalue weighted by molar-refractivity contribution is 5.78. The summed E-state index contributed by atoms with van der Waals surface area (Å²) in [6.07, 6.45) is 14.7. The van der Waals surface area contributed by atoms with E-state index in [9.17, 15) is 4.79 Å². The summed E-state index contributed by atoms with van der Waals surface area (Å²) < 4.78 is 1.91. The molecule has 3 aliphatic rings. The standard InChI is InChI=1S/C19H31N5O/c25-19(24-11-5-7-16-6-1-2-9-18(16)24)13-22-10-4-3-8-17(22)12-23-15-20-14-21-23/h14-18H,1-13H2. The van der Waals surface area contributed by atoms with E-state index >= 15 is 0 Å². The third-order valence-electron chi connectivity index (χ3n) is 6.52. The number of hydrogen-bond acceptors (Lipinski definition) is 4. The van der Waals surface area contributed by atoms with Crippen molar-refractivity contribution in [3.63, 3.8) is 0 Å². The van der Waals surface area contributed by atoms with E-state index in [2.05, 4.69) is 19.9 Å². The predicted octanol–water partition coefficient (Wildman–Crippen LogP) is 2.31. The second-order valence-electron chi connectivity index (χ2n) is 8.08. The molecule has 3 atom stereocenters. The van der Waals surface area contributed by atoms with Gasteiger partial charge in [0.1, 0.15) is 12.7 Å². The lowest BCUT2D eigenvalue weighted by molar-refractivity contribution is -0.139. The van der Waals surface area contributed by atoms with Crippen LogP contribution in [0.2, 0.25) is 0 Å². The van der Waals surface area contributed by atoms with Crippen molar-refractivity contribution in [2.75, 3.05) is 19.6 Å². The quantitative estimate of drug-likeness (QED) is 0.840. The van der Waals surface area contributed by atoms with Gasteiger partial charge in [-0.25, -0.2) is 4.98 Å². The fourth-order valence-electron chi connectivity index (χ4n) is 5.22. The molecular weight excluding hydrogens is 314 g/mol. The number of carbonyl (C=O) groups excluding carboxylic acids is 1. The first-order valence-corrected chi connectivity index (χ1v) is 10.2. The Hall–Kier alpha value is -1.43. The molecule has 6 heteroatoms. The Bertz CT molecular complexity index is 558.